The molecule has 0 spiro atoms. The normalized spacial score (nSPS) is 10.5. The van der Waals surface area contributed by atoms with Crippen molar-refractivity contribution in [1.29, 1.82) is 0 Å². The average molecular weight is 436 g/mol. The summed E-state index contributed by atoms with van der Waals surface area (Å²) in [4.78, 5) is 15.5. The van der Waals surface area contributed by atoms with Gasteiger partial charge in [0.15, 0.2) is 0 Å². The lowest BCUT2D eigenvalue weighted by molar-refractivity contribution is -0.114. The monoisotopic (exact) mass is 435 g/mol. The first kappa shape index (κ1) is 21.9. The Morgan fingerprint density at radius 2 is 1.87 bits per heavy atom. The van der Waals surface area contributed by atoms with Gasteiger partial charge in [0.1, 0.15) is 5.75 Å². The van der Waals surface area contributed by atoms with Crippen LogP contribution in [0.15, 0.2) is 71.9 Å². The van der Waals surface area contributed by atoms with E-state index in [0.29, 0.717) is 29.2 Å². The highest BCUT2D eigenvalue weighted by Gasteiger charge is 2.18. The molecule has 0 aliphatic heterocycles. The van der Waals surface area contributed by atoms with Gasteiger partial charge in [0.25, 0.3) is 10.0 Å². The van der Waals surface area contributed by atoms with Crippen LogP contribution in [-0.2, 0) is 14.8 Å². The first-order chi connectivity index (χ1) is 14.9. The molecule has 3 aromatic rings. The standard InChI is InChI=1S/C23H21N3O4S/c1-3-30-23-13-12-20(15-22(23)25-17(2)27)31(28,29)26-21-9-5-4-8-19(21)11-10-18-7-6-14-24-16-18/h4-9,12-16,26H,3H2,1-2H3,(H,25,27). The number of rotatable bonds is 6. The minimum atomic E-state index is -3.95. The molecule has 8 heteroatoms. The molecule has 0 radical (unpaired) electrons. The summed E-state index contributed by atoms with van der Waals surface area (Å²) in [5.74, 6) is 6.00. The Hall–Kier alpha value is -3.83. The number of amides is 1. The van der Waals surface area contributed by atoms with Crippen molar-refractivity contribution >= 4 is 27.3 Å². The Morgan fingerprint density at radius 1 is 1.06 bits per heavy atom. The zero-order chi connectivity index (χ0) is 22.3. The number of hydrogen-bond donors (Lipinski definition) is 2. The summed E-state index contributed by atoms with van der Waals surface area (Å²) in [7, 11) is -3.95. The van der Waals surface area contributed by atoms with Crippen LogP contribution in [0.3, 0.4) is 0 Å². The van der Waals surface area contributed by atoms with E-state index in [2.05, 4.69) is 26.9 Å². The molecule has 7 nitrogen and oxygen atoms in total. The number of ether oxygens (including phenoxy) is 1. The number of nitrogens with one attached hydrogen (secondary N) is 2. The summed E-state index contributed by atoms with van der Waals surface area (Å²) < 4.78 is 34.1. The van der Waals surface area contributed by atoms with Gasteiger partial charge in [-0.05, 0) is 49.4 Å². The van der Waals surface area contributed by atoms with Gasteiger partial charge < -0.3 is 10.1 Å². The first-order valence-corrected chi connectivity index (χ1v) is 11.0. The Labute approximate surface area is 181 Å². The summed E-state index contributed by atoms with van der Waals surface area (Å²) in [6.45, 7) is 3.51. The maximum absolute atomic E-state index is 13.0. The minimum absolute atomic E-state index is 0.0188. The van der Waals surface area contributed by atoms with E-state index in [-0.39, 0.29) is 16.5 Å². The number of aromatic nitrogens is 1. The van der Waals surface area contributed by atoms with Gasteiger partial charge >= 0.3 is 0 Å². The van der Waals surface area contributed by atoms with E-state index in [4.69, 9.17) is 4.74 Å². The van der Waals surface area contributed by atoms with Crippen LogP contribution in [-0.4, -0.2) is 25.9 Å². The van der Waals surface area contributed by atoms with Crippen molar-refractivity contribution in [2.45, 2.75) is 18.7 Å². The lowest BCUT2D eigenvalue weighted by atomic mass is 10.2. The van der Waals surface area contributed by atoms with Crippen LogP contribution in [0.4, 0.5) is 11.4 Å². The van der Waals surface area contributed by atoms with E-state index < -0.39 is 10.0 Å². The molecule has 0 unspecified atom stereocenters. The quantitative estimate of drug-likeness (QED) is 0.576. The van der Waals surface area contributed by atoms with Crippen LogP contribution < -0.4 is 14.8 Å². The van der Waals surface area contributed by atoms with Gasteiger partial charge in [-0.25, -0.2) is 8.42 Å². The van der Waals surface area contributed by atoms with Crippen molar-refractivity contribution in [2.24, 2.45) is 0 Å². The van der Waals surface area contributed by atoms with Crippen molar-refractivity contribution in [2.75, 3.05) is 16.6 Å². The van der Waals surface area contributed by atoms with Gasteiger partial charge in [0.05, 0.1) is 22.9 Å². The molecule has 158 valence electrons. The van der Waals surface area contributed by atoms with Crippen LogP contribution in [0.25, 0.3) is 0 Å². The Morgan fingerprint density at radius 3 is 2.58 bits per heavy atom. The number of hydrogen-bond acceptors (Lipinski definition) is 5. The van der Waals surface area contributed by atoms with Crippen LogP contribution >= 0.6 is 0 Å². The molecular weight excluding hydrogens is 414 g/mol. The molecule has 1 amide bonds. The predicted molar refractivity (Wildman–Crippen MR) is 119 cm³/mol. The number of anilines is 2. The average Bonchev–Trinajstić information content (AvgIpc) is 2.74. The summed E-state index contributed by atoms with van der Waals surface area (Å²) >= 11 is 0. The maximum atomic E-state index is 13.0. The lowest BCUT2D eigenvalue weighted by Crippen LogP contribution is -2.15. The third kappa shape index (κ3) is 5.84. The summed E-state index contributed by atoms with van der Waals surface area (Å²) in [5.41, 5.74) is 1.85. The smallest absolute Gasteiger partial charge is 0.262 e. The minimum Gasteiger partial charge on any atom is -0.492 e. The maximum Gasteiger partial charge on any atom is 0.262 e. The largest absolute Gasteiger partial charge is 0.492 e. The fraction of sp³-hybridized carbons (Fsp3) is 0.130. The van der Waals surface area contributed by atoms with E-state index in [9.17, 15) is 13.2 Å². The van der Waals surface area contributed by atoms with Crippen LogP contribution in [0, 0.1) is 11.8 Å². The van der Waals surface area contributed by atoms with E-state index >= 15 is 0 Å². The summed E-state index contributed by atoms with van der Waals surface area (Å²) in [6, 6.07) is 14.7. The molecule has 1 heterocycles. The molecule has 2 aromatic carbocycles. The van der Waals surface area contributed by atoms with Gasteiger partial charge in [-0.15, -0.1) is 0 Å². The van der Waals surface area contributed by atoms with Crippen molar-refractivity contribution < 1.29 is 17.9 Å². The fourth-order valence-corrected chi connectivity index (χ4v) is 3.81. The SMILES string of the molecule is CCOc1ccc(S(=O)(=O)Nc2ccccc2C#Cc2cccnc2)cc1NC(C)=O. The van der Waals surface area contributed by atoms with E-state index in [1.807, 2.05) is 6.07 Å². The zero-order valence-electron chi connectivity index (χ0n) is 17.0. The number of pyridine rings is 1. The molecule has 0 aliphatic rings. The molecule has 0 saturated heterocycles. The van der Waals surface area contributed by atoms with E-state index in [1.165, 1.54) is 25.1 Å². The third-order valence-electron chi connectivity index (χ3n) is 4.05. The first-order valence-electron chi connectivity index (χ1n) is 9.47. The lowest BCUT2D eigenvalue weighted by Gasteiger charge is -2.14. The molecule has 0 saturated carbocycles. The zero-order valence-corrected chi connectivity index (χ0v) is 17.9. The molecule has 0 bridgehead atoms. The second kappa shape index (κ2) is 9.78. The van der Waals surface area contributed by atoms with Gasteiger partial charge in [-0.1, -0.05) is 24.0 Å². The van der Waals surface area contributed by atoms with Crippen molar-refractivity contribution in [3.63, 3.8) is 0 Å². The van der Waals surface area contributed by atoms with E-state index in [1.54, 1.807) is 49.6 Å². The number of sulfonamides is 1. The number of para-hydroxylation sites is 1. The summed E-state index contributed by atoms with van der Waals surface area (Å²) in [6.07, 6.45) is 3.28. The molecule has 0 aliphatic carbocycles. The molecule has 1 aromatic heterocycles. The van der Waals surface area contributed by atoms with Gasteiger partial charge in [0, 0.05) is 30.4 Å². The van der Waals surface area contributed by atoms with Gasteiger partial charge in [-0.2, -0.15) is 0 Å². The molecule has 0 fully saturated rings. The Kier molecular flexibility index (Phi) is 6.90. The highest BCUT2D eigenvalue weighted by molar-refractivity contribution is 7.92. The highest BCUT2D eigenvalue weighted by Crippen LogP contribution is 2.29. The van der Waals surface area contributed by atoms with Crippen molar-refractivity contribution in [1.82, 2.24) is 4.98 Å². The molecule has 3 rings (SSSR count). The van der Waals surface area contributed by atoms with Crippen LogP contribution in [0.1, 0.15) is 25.0 Å². The Balaban J connectivity index is 1.93. The van der Waals surface area contributed by atoms with Gasteiger partial charge in [-0.3, -0.25) is 14.5 Å². The second-order valence-corrected chi connectivity index (χ2v) is 8.10. The Bertz CT molecular complexity index is 1250. The van der Waals surface area contributed by atoms with Gasteiger partial charge in [0.2, 0.25) is 5.91 Å². The third-order valence-corrected chi connectivity index (χ3v) is 5.41. The number of nitrogens with zero attached hydrogens (tertiary/aromatic N) is 1. The molecular formula is C23H21N3O4S. The molecule has 0 atom stereocenters. The predicted octanol–water partition coefficient (Wildman–Crippen LogP) is 3.64. The van der Waals surface area contributed by atoms with Crippen LogP contribution in [0.5, 0.6) is 5.75 Å². The van der Waals surface area contributed by atoms with E-state index in [0.717, 1.165) is 0 Å². The van der Waals surface area contributed by atoms with Crippen molar-refractivity contribution in [3.05, 3.63) is 78.1 Å². The second-order valence-electron chi connectivity index (χ2n) is 6.41. The van der Waals surface area contributed by atoms with Crippen LogP contribution in [0.2, 0.25) is 0 Å². The highest BCUT2D eigenvalue weighted by atomic mass is 32.2. The number of carbonyl (C=O) groups is 1. The molecule has 2 N–H and O–H groups in total. The number of benzene rings is 2. The summed E-state index contributed by atoms with van der Waals surface area (Å²) in [5, 5.41) is 2.60. The van der Waals surface area contributed by atoms with Crippen molar-refractivity contribution in [3.8, 4) is 17.6 Å². The molecule has 31 heavy (non-hydrogen) atoms. The topological polar surface area (TPSA) is 97.4 Å². The number of carbonyl (C=O) groups excluding carboxylic acids is 1. The fourth-order valence-electron chi connectivity index (χ4n) is 2.71.